The molecule has 0 amide bonds. The van der Waals surface area contributed by atoms with Crippen LogP contribution in [-0.2, 0) is 13.0 Å². The van der Waals surface area contributed by atoms with Crippen LogP contribution < -0.4 is 5.32 Å². The van der Waals surface area contributed by atoms with Gasteiger partial charge < -0.3 is 14.6 Å². The number of furan rings is 1. The molecule has 0 saturated carbocycles. The van der Waals surface area contributed by atoms with Gasteiger partial charge >= 0.3 is 0 Å². The number of aliphatic imine (C=N–C) groups is 1. The van der Waals surface area contributed by atoms with Crippen LogP contribution in [0.4, 0.5) is 0 Å². The third kappa shape index (κ3) is 5.61. The van der Waals surface area contributed by atoms with Crippen LogP contribution >= 0.6 is 24.0 Å². The molecule has 3 heterocycles. The lowest BCUT2D eigenvalue weighted by Gasteiger charge is -2.25. The molecular weight excluding hydrogens is 463 g/mol. The Bertz CT molecular complexity index is 752. The molecule has 0 radical (unpaired) electrons. The Kier molecular flexibility index (Phi) is 7.97. The van der Waals surface area contributed by atoms with Gasteiger partial charge in [0.1, 0.15) is 5.76 Å². The smallest absolute Gasteiger partial charge is 0.194 e. The average Bonchev–Trinajstić information content (AvgIpc) is 3.47. The zero-order valence-corrected chi connectivity index (χ0v) is 18.5. The Hall–Kier alpha value is -1.80. The van der Waals surface area contributed by atoms with E-state index in [1.54, 1.807) is 6.26 Å². The summed E-state index contributed by atoms with van der Waals surface area (Å²) >= 11 is 0. The third-order valence-corrected chi connectivity index (χ3v) is 5.31. The van der Waals surface area contributed by atoms with Crippen LogP contribution in [0.2, 0.25) is 0 Å². The van der Waals surface area contributed by atoms with Gasteiger partial charge in [-0.05, 0) is 24.1 Å². The molecule has 1 unspecified atom stereocenters. The number of benzene rings is 1. The Labute approximate surface area is 184 Å². The van der Waals surface area contributed by atoms with Gasteiger partial charge in [-0.3, -0.25) is 4.90 Å². The number of nitrogens with one attached hydrogen (secondary N) is 1. The average molecular weight is 492 g/mol. The van der Waals surface area contributed by atoms with E-state index in [0.29, 0.717) is 12.6 Å². The van der Waals surface area contributed by atoms with Crippen LogP contribution in [0, 0.1) is 0 Å². The van der Waals surface area contributed by atoms with Crippen LogP contribution in [-0.4, -0.2) is 54.5 Å². The number of halogens is 1. The number of hydrogen-bond donors (Lipinski definition) is 1. The predicted octanol–water partition coefficient (Wildman–Crippen LogP) is 3.53. The van der Waals surface area contributed by atoms with Gasteiger partial charge in [0.05, 0.1) is 12.8 Å². The lowest BCUT2D eigenvalue weighted by Crippen LogP contribution is -2.43. The van der Waals surface area contributed by atoms with Crippen molar-refractivity contribution in [3.63, 3.8) is 0 Å². The standard InChI is InChI=1S/C22H28N4O.HI/c1-2-7-19(8-3-1)17-24-22(23-12-10-21-9-6-16-27-21)26-15-11-20(18-26)25-13-4-5-14-25;/h1-9,16,20H,10-15,17-18H2,(H,23,24);1H. The fourth-order valence-corrected chi connectivity index (χ4v) is 3.79. The first-order chi connectivity index (χ1) is 13.4. The van der Waals surface area contributed by atoms with Gasteiger partial charge in [0, 0.05) is 45.2 Å². The highest BCUT2D eigenvalue weighted by atomic mass is 127. The summed E-state index contributed by atoms with van der Waals surface area (Å²) in [7, 11) is 0. The van der Waals surface area contributed by atoms with Crippen molar-refractivity contribution >= 4 is 29.9 Å². The SMILES string of the molecule is C1=CCN(C2CCN(C(=NCc3ccccc3)NCCc3ccco3)C2)C1.I. The van der Waals surface area contributed by atoms with Crippen molar-refractivity contribution in [1.82, 2.24) is 15.1 Å². The second-order valence-electron chi connectivity index (χ2n) is 7.20. The Balaban J connectivity index is 0.00000225. The van der Waals surface area contributed by atoms with E-state index in [9.17, 15) is 0 Å². The van der Waals surface area contributed by atoms with E-state index >= 15 is 0 Å². The van der Waals surface area contributed by atoms with Gasteiger partial charge in [-0.1, -0.05) is 42.5 Å². The largest absolute Gasteiger partial charge is 0.469 e. The number of hydrogen-bond acceptors (Lipinski definition) is 3. The summed E-state index contributed by atoms with van der Waals surface area (Å²) in [5.74, 6) is 2.02. The molecule has 2 aliphatic rings. The van der Waals surface area contributed by atoms with Crippen molar-refractivity contribution in [2.24, 2.45) is 4.99 Å². The summed E-state index contributed by atoms with van der Waals surface area (Å²) in [6, 6.07) is 15.0. The molecule has 2 aromatic rings. The highest BCUT2D eigenvalue weighted by Crippen LogP contribution is 2.18. The molecule has 1 aromatic heterocycles. The van der Waals surface area contributed by atoms with Crippen LogP contribution in [0.3, 0.4) is 0 Å². The monoisotopic (exact) mass is 492 g/mol. The third-order valence-electron chi connectivity index (χ3n) is 5.31. The molecule has 1 atom stereocenters. The quantitative estimate of drug-likeness (QED) is 0.290. The minimum absolute atomic E-state index is 0. The van der Waals surface area contributed by atoms with Crippen molar-refractivity contribution in [2.45, 2.75) is 25.4 Å². The first-order valence-corrected chi connectivity index (χ1v) is 9.87. The molecule has 4 rings (SSSR count). The van der Waals surface area contributed by atoms with Crippen molar-refractivity contribution in [3.05, 3.63) is 72.2 Å². The normalized spacial score (nSPS) is 19.8. The Morgan fingerprint density at radius 3 is 2.68 bits per heavy atom. The number of likely N-dealkylation sites (tertiary alicyclic amines) is 1. The van der Waals surface area contributed by atoms with Gasteiger partial charge in [0.2, 0.25) is 0 Å². The molecule has 6 heteroatoms. The molecule has 1 fully saturated rings. The van der Waals surface area contributed by atoms with Crippen LogP contribution in [0.25, 0.3) is 0 Å². The first kappa shape index (κ1) is 20.9. The zero-order valence-electron chi connectivity index (χ0n) is 16.2. The summed E-state index contributed by atoms with van der Waals surface area (Å²) in [5.41, 5.74) is 1.24. The molecule has 28 heavy (non-hydrogen) atoms. The second-order valence-corrected chi connectivity index (χ2v) is 7.20. The molecule has 0 aliphatic carbocycles. The summed E-state index contributed by atoms with van der Waals surface area (Å²) in [4.78, 5) is 9.89. The molecule has 1 aromatic carbocycles. The maximum Gasteiger partial charge on any atom is 0.194 e. The van der Waals surface area contributed by atoms with Gasteiger partial charge in [-0.15, -0.1) is 24.0 Å². The van der Waals surface area contributed by atoms with Gasteiger partial charge in [0.15, 0.2) is 5.96 Å². The van der Waals surface area contributed by atoms with Crippen molar-refractivity contribution in [2.75, 3.05) is 32.7 Å². The highest BCUT2D eigenvalue weighted by molar-refractivity contribution is 14.0. The molecule has 1 saturated heterocycles. The maximum atomic E-state index is 5.45. The van der Waals surface area contributed by atoms with Crippen LogP contribution in [0.1, 0.15) is 17.7 Å². The van der Waals surface area contributed by atoms with E-state index in [4.69, 9.17) is 9.41 Å². The minimum atomic E-state index is 0. The second kappa shape index (κ2) is 10.7. The molecular formula is C22H29IN4O. The van der Waals surface area contributed by atoms with Crippen LogP contribution in [0.5, 0.6) is 0 Å². The van der Waals surface area contributed by atoms with E-state index in [1.165, 1.54) is 12.0 Å². The maximum absolute atomic E-state index is 5.45. The fraction of sp³-hybridized carbons (Fsp3) is 0.409. The van der Waals surface area contributed by atoms with Gasteiger partial charge in [-0.2, -0.15) is 0 Å². The topological polar surface area (TPSA) is 44.0 Å². The Morgan fingerprint density at radius 1 is 1.11 bits per heavy atom. The van der Waals surface area contributed by atoms with E-state index in [1.807, 2.05) is 18.2 Å². The first-order valence-electron chi connectivity index (χ1n) is 9.87. The van der Waals surface area contributed by atoms with E-state index in [2.05, 4.69) is 51.5 Å². The zero-order chi connectivity index (χ0) is 18.3. The Morgan fingerprint density at radius 2 is 1.93 bits per heavy atom. The van der Waals surface area contributed by atoms with Crippen molar-refractivity contribution < 1.29 is 4.42 Å². The molecule has 0 spiro atoms. The van der Waals surface area contributed by atoms with E-state index in [-0.39, 0.29) is 24.0 Å². The molecule has 5 nitrogen and oxygen atoms in total. The lowest BCUT2D eigenvalue weighted by molar-refractivity contribution is 0.259. The lowest BCUT2D eigenvalue weighted by atomic mass is 10.2. The van der Waals surface area contributed by atoms with Crippen molar-refractivity contribution in [3.8, 4) is 0 Å². The summed E-state index contributed by atoms with van der Waals surface area (Å²) < 4.78 is 5.45. The molecule has 150 valence electrons. The summed E-state index contributed by atoms with van der Waals surface area (Å²) in [5, 5.41) is 3.56. The molecule has 2 aliphatic heterocycles. The van der Waals surface area contributed by atoms with E-state index < -0.39 is 0 Å². The summed E-state index contributed by atoms with van der Waals surface area (Å²) in [6.07, 6.45) is 8.34. The molecule has 1 N–H and O–H groups in total. The number of guanidine groups is 1. The minimum Gasteiger partial charge on any atom is -0.469 e. The summed E-state index contributed by atoms with van der Waals surface area (Å²) in [6.45, 7) is 5.80. The van der Waals surface area contributed by atoms with E-state index in [0.717, 1.165) is 50.9 Å². The van der Waals surface area contributed by atoms with Crippen molar-refractivity contribution in [1.29, 1.82) is 0 Å². The van der Waals surface area contributed by atoms with Gasteiger partial charge in [-0.25, -0.2) is 4.99 Å². The molecule has 0 bridgehead atoms. The van der Waals surface area contributed by atoms with Crippen LogP contribution in [0.15, 0.2) is 70.3 Å². The number of nitrogens with zero attached hydrogens (tertiary/aromatic N) is 3. The fourth-order valence-electron chi connectivity index (χ4n) is 3.79. The predicted molar refractivity (Wildman–Crippen MR) is 124 cm³/mol. The van der Waals surface area contributed by atoms with Gasteiger partial charge in [0.25, 0.3) is 0 Å². The number of rotatable bonds is 6. The highest BCUT2D eigenvalue weighted by Gasteiger charge is 2.29.